The molecular weight excluding hydrogens is 190 g/mol. The molecule has 0 bridgehead atoms. The van der Waals surface area contributed by atoms with E-state index in [0.29, 0.717) is 11.1 Å². The van der Waals surface area contributed by atoms with E-state index in [-0.39, 0.29) is 11.5 Å². The molecule has 0 saturated heterocycles. The Balaban J connectivity index is 3.02. The highest BCUT2D eigenvalue weighted by molar-refractivity contribution is 5.94. The Morgan fingerprint density at radius 1 is 1.43 bits per heavy atom. The van der Waals surface area contributed by atoms with E-state index in [0.717, 1.165) is 0 Å². The molecular formula is C10H10F2O2. The van der Waals surface area contributed by atoms with Gasteiger partial charge in [-0.15, -0.1) is 0 Å². The van der Waals surface area contributed by atoms with Gasteiger partial charge in [-0.3, -0.25) is 4.79 Å². The molecule has 0 aliphatic heterocycles. The number of halogens is 2. The van der Waals surface area contributed by atoms with Crippen molar-refractivity contribution < 1.29 is 18.3 Å². The Bertz CT molecular complexity index is 348. The lowest BCUT2D eigenvalue weighted by Crippen LogP contribution is -2.04. The second-order valence-corrected chi connectivity index (χ2v) is 2.91. The summed E-state index contributed by atoms with van der Waals surface area (Å²) in [5.74, 6) is -0.128. The zero-order valence-corrected chi connectivity index (χ0v) is 7.88. The van der Waals surface area contributed by atoms with Crippen LogP contribution in [0.3, 0.4) is 0 Å². The smallest absolute Gasteiger partial charge is 0.387 e. The van der Waals surface area contributed by atoms with Crippen molar-refractivity contribution in [2.45, 2.75) is 20.5 Å². The predicted molar refractivity (Wildman–Crippen MR) is 47.8 cm³/mol. The Hall–Kier alpha value is -1.45. The van der Waals surface area contributed by atoms with Crippen molar-refractivity contribution in [3.63, 3.8) is 0 Å². The van der Waals surface area contributed by atoms with Gasteiger partial charge >= 0.3 is 6.61 Å². The fraction of sp³-hybridized carbons (Fsp3) is 0.300. The molecule has 14 heavy (non-hydrogen) atoms. The highest BCUT2D eigenvalue weighted by Crippen LogP contribution is 2.21. The van der Waals surface area contributed by atoms with E-state index in [2.05, 4.69) is 4.74 Å². The normalized spacial score (nSPS) is 10.4. The molecule has 0 unspecified atom stereocenters. The molecule has 0 radical (unpaired) electrons. The van der Waals surface area contributed by atoms with Crippen LogP contribution in [0.1, 0.15) is 22.8 Å². The fourth-order valence-electron chi connectivity index (χ4n) is 1.04. The molecule has 4 heteroatoms. The number of carbonyl (C=O) groups is 1. The zero-order valence-electron chi connectivity index (χ0n) is 7.88. The Morgan fingerprint density at radius 2 is 2.07 bits per heavy atom. The van der Waals surface area contributed by atoms with Gasteiger partial charge in [0, 0.05) is 5.56 Å². The number of aryl methyl sites for hydroxylation is 1. The van der Waals surface area contributed by atoms with Crippen molar-refractivity contribution in [2.24, 2.45) is 0 Å². The summed E-state index contributed by atoms with van der Waals surface area (Å²) in [5.41, 5.74) is 0.946. The molecule has 76 valence electrons. The van der Waals surface area contributed by atoms with Gasteiger partial charge in [0.2, 0.25) is 0 Å². The largest absolute Gasteiger partial charge is 0.435 e. The highest BCUT2D eigenvalue weighted by atomic mass is 19.3. The molecule has 0 fully saturated rings. The van der Waals surface area contributed by atoms with Crippen LogP contribution in [0.5, 0.6) is 5.75 Å². The van der Waals surface area contributed by atoms with Gasteiger partial charge < -0.3 is 4.74 Å². The molecule has 0 aliphatic carbocycles. The number of carbonyl (C=O) groups excluding carboxylic acids is 1. The monoisotopic (exact) mass is 200 g/mol. The average molecular weight is 200 g/mol. The van der Waals surface area contributed by atoms with Crippen LogP contribution in [-0.4, -0.2) is 12.4 Å². The molecule has 0 N–H and O–H groups in total. The topological polar surface area (TPSA) is 26.3 Å². The summed E-state index contributed by atoms with van der Waals surface area (Å²) in [5, 5.41) is 0. The van der Waals surface area contributed by atoms with Crippen molar-refractivity contribution in [1.29, 1.82) is 0 Å². The van der Waals surface area contributed by atoms with Crippen LogP contribution in [0.2, 0.25) is 0 Å². The first-order valence-electron chi connectivity index (χ1n) is 4.07. The minimum Gasteiger partial charge on any atom is -0.435 e. The summed E-state index contributed by atoms with van der Waals surface area (Å²) in [6, 6.07) is 4.48. The molecule has 0 amide bonds. The molecule has 1 aromatic carbocycles. The number of alkyl halides is 2. The van der Waals surface area contributed by atoms with Gasteiger partial charge in [-0.2, -0.15) is 8.78 Å². The number of hydrogen-bond acceptors (Lipinski definition) is 2. The van der Waals surface area contributed by atoms with Gasteiger partial charge in [-0.05, 0) is 25.5 Å². The van der Waals surface area contributed by atoms with E-state index < -0.39 is 6.61 Å². The van der Waals surface area contributed by atoms with E-state index in [1.54, 1.807) is 19.1 Å². The summed E-state index contributed by atoms with van der Waals surface area (Å²) >= 11 is 0. The molecule has 1 aromatic rings. The summed E-state index contributed by atoms with van der Waals surface area (Å²) < 4.78 is 28.1. The number of benzene rings is 1. The first kappa shape index (κ1) is 10.6. The molecule has 0 atom stereocenters. The molecule has 0 heterocycles. The SMILES string of the molecule is CC(=O)c1ccc(C)c(OC(F)F)c1. The summed E-state index contributed by atoms with van der Waals surface area (Å²) in [7, 11) is 0. The van der Waals surface area contributed by atoms with Gasteiger partial charge in [0.1, 0.15) is 5.75 Å². The third-order valence-corrected chi connectivity index (χ3v) is 1.81. The summed E-state index contributed by atoms with van der Waals surface area (Å²) in [6.45, 7) is 0.147. The van der Waals surface area contributed by atoms with E-state index in [9.17, 15) is 13.6 Å². The van der Waals surface area contributed by atoms with Crippen molar-refractivity contribution in [2.75, 3.05) is 0 Å². The maximum atomic E-state index is 11.9. The van der Waals surface area contributed by atoms with Crippen molar-refractivity contribution >= 4 is 5.78 Å². The third-order valence-electron chi connectivity index (χ3n) is 1.81. The number of ether oxygens (including phenoxy) is 1. The average Bonchev–Trinajstić information content (AvgIpc) is 2.07. The maximum absolute atomic E-state index is 11.9. The second-order valence-electron chi connectivity index (χ2n) is 2.91. The van der Waals surface area contributed by atoms with E-state index >= 15 is 0 Å². The van der Waals surface area contributed by atoms with Crippen LogP contribution in [0.25, 0.3) is 0 Å². The Morgan fingerprint density at radius 3 is 2.57 bits per heavy atom. The van der Waals surface area contributed by atoms with Gasteiger partial charge in [0.25, 0.3) is 0 Å². The lowest BCUT2D eigenvalue weighted by atomic mass is 10.1. The minimum absolute atomic E-state index is 0.0488. The van der Waals surface area contributed by atoms with E-state index in [4.69, 9.17) is 0 Å². The quantitative estimate of drug-likeness (QED) is 0.701. The lowest BCUT2D eigenvalue weighted by Gasteiger charge is -2.08. The molecule has 0 saturated carbocycles. The highest BCUT2D eigenvalue weighted by Gasteiger charge is 2.09. The fourth-order valence-corrected chi connectivity index (χ4v) is 1.04. The molecule has 2 nitrogen and oxygen atoms in total. The van der Waals surface area contributed by atoms with Crippen LogP contribution in [0, 0.1) is 6.92 Å². The van der Waals surface area contributed by atoms with Crippen molar-refractivity contribution in [3.05, 3.63) is 29.3 Å². The van der Waals surface area contributed by atoms with Crippen LogP contribution in [0.15, 0.2) is 18.2 Å². The minimum atomic E-state index is -2.86. The molecule has 1 rings (SSSR count). The van der Waals surface area contributed by atoms with Gasteiger partial charge in [-0.1, -0.05) is 12.1 Å². The summed E-state index contributed by atoms with van der Waals surface area (Å²) in [6.07, 6.45) is 0. The number of hydrogen-bond donors (Lipinski definition) is 0. The number of rotatable bonds is 3. The number of ketones is 1. The van der Waals surface area contributed by atoms with Gasteiger partial charge in [0.05, 0.1) is 0 Å². The first-order valence-corrected chi connectivity index (χ1v) is 4.07. The molecule has 0 aliphatic rings. The van der Waals surface area contributed by atoms with Crippen LogP contribution in [-0.2, 0) is 0 Å². The molecule has 0 spiro atoms. The standard InChI is InChI=1S/C10H10F2O2/c1-6-3-4-8(7(2)13)5-9(6)14-10(11)12/h3-5,10H,1-2H3. The second kappa shape index (κ2) is 4.17. The summed E-state index contributed by atoms with van der Waals surface area (Å²) in [4.78, 5) is 11.0. The first-order chi connectivity index (χ1) is 6.50. The van der Waals surface area contributed by atoms with E-state index in [1.807, 2.05) is 0 Å². The Labute approximate surface area is 80.5 Å². The lowest BCUT2D eigenvalue weighted by molar-refractivity contribution is -0.0503. The maximum Gasteiger partial charge on any atom is 0.387 e. The van der Waals surface area contributed by atoms with Crippen LogP contribution < -0.4 is 4.74 Å². The van der Waals surface area contributed by atoms with Crippen molar-refractivity contribution in [1.82, 2.24) is 0 Å². The van der Waals surface area contributed by atoms with Crippen LogP contribution in [0.4, 0.5) is 8.78 Å². The van der Waals surface area contributed by atoms with Crippen LogP contribution >= 0.6 is 0 Å². The van der Waals surface area contributed by atoms with Gasteiger partial charge in [0.15, 0.2) is 5.78 Å². The van der Waals surface area contributed by atoms with Gasteiger partial charge in [-0.25, -0.2) is 0 Å². The zero-order chi connectivity index (χ0) is 10.7. The molecule has 0 aromatic heterocycles. The predicted octanol–water partition coefficient (Wildman–Crippen LogP) is 2.80. The third kappa shape index (κ3) is 2.52. The van der Waals surface area contributed by atoms with Crippen molar-refractivity contribution in [3.8, 4) is 5.75 Å². The Kier molecular flexibility index (Phi) is 3.17. The number of Topliss-reactive ketones (excluding diaryl/α,β-unsaturated/α-hetero) is 1. The van der Waals surface area contributed by atoms with E-state index in [1.165, 1.54) is 13.0 Å².